The molecule has 0 radical (unpaired) electrons. The van der Waals surface area contributed by atoms with Gasteiger partial charge in [-0.25, -0.2) is 0 Å². The van der Waals surface area contributed by atoms with Crippen LogP contribution in [0.15, 0.2) is 24.3 Å². The third-order valence-electron chi connectivity index (χ3n) is 3.84. The highest BCUT2D eigenvalue weighted by atomic mass is 16.3. The quantitative estimate of drug-likeness (QED) is 0.788. The average Bonchev–Trinajstić information content (AvgIpc) is 2.35. The zero-order valence-corrected chi connectivity index (χ0v) is 11.6. The molecule has 0 aliphatic heterocycles. The Labute approximate surface area is 106 Å². The Morgan fingerprint density at radius 1 is 1.06 bits per heavy atom. The number of hydrogen-bond donors (Lipinski definition) is 1. The first-order valence-corrected chi connectivity index (χ1v) is 6.78. The SMILES string of the molecule is CCC(C)c1ccc(CC(CO)C(C)C)cc1. The summed E-state index contributed by atoms with van der Waals surface area (Å²) in [6, 6.07) is 8.90. The Morgan fingerprint density at radius 2 is 1.65 bits per heavy atom. The molecule has 2 atom stereocenters. The van der Waals surface area contributed by atoms with Crippen molar-refractivity contribution < 1.29 is 5.11 Å². The Hall–Kier alpha value is -0.820. The monoisotopic (exact) mass is 234 g/mol. The number of rotatable bonds is 6. The average molecular weight is 234 g/mol. The van der Waals surface area contributed by atoms with Gasteiger partial charge in [-0.15, -0.1) is 0 Å². The third-order valence-corrected chi connectivity index (χ3v) is 3.84. The highest BCUT2D eigenvalue weighted by Crippen LogP contribution is 2.21. The van der Waals surface area contributed by atoms with Crippen LogP contribution in [0, 0.1) is 11.8 Å². The maximum absolute atomic E-state index is 9.34. The summed E-state index contributed by atoms with van der Waals surface area (Å²) in [5.74, 6) is 1.56. The molecule has 0 fully saturated rings. The smallest absolute Gasteiger partial charge is 0.0464 e. The van der Waals surface area contributed by atoms with Crippen LogP contribution in [0.2, 0.25) is 0 Å². The molecular formula is C16H26O. The predicted molar refractivity (Wildman–Crippen MR) is 74.3 cm³/mol. The van der Waals surface area contributed by atoms with Gasteiger partial charge >= 0.3 is 0 Å². The standard InChI is InChI=1S/C16H26O/c1-5-13(4)15-8-6-14(7-9-15)10-16(11-17)12(2)3/h6-9,12-13,16-17H,5,10-11H2,1-4H3. The Balaban J connectivity index is 2.67. The zero-order chi connectivity index (χ0) is 12.8. The van der Waals surface area contributed by atoms with E-state index in [1.807, 2.05) is 0 Å². The molecule has 0 aromatic heterocycles. The minimum Gasteiger partial charge on any atom is -0.396 e. The van der Waals surface area contributed by atoms with E-state index in [1.54, 1.807) is 0 Å². The van der Waals surface area contributed by atoms with Crippen LogP contribution in [0.3, 0.4) is 0 Å². The summed E-state index contributed by atoms with van der Waals surface area (Å²) in [4.78, 5) is 0. The van der Waals surface area contributed by atoms with E-state index in [-0.39, 0.29) is 6.61 Å². The molecule has 0 bridgehead atoms. The maximum Gasteiger partial charge on any atom is 0.0464 e. The van der Waals surface area contributed by atoms with Gasteiger partial charge in [0.15, 0.2) is 0 Å². The molecule has 0 aliphatic carbocycles. The van der Waals surface area contributed by atoms with Crippen molar-refractivity contribution in [2.45, 2.75) is 46.5 Å². The van der Waals surface area contributed by atoms with Gasteiger partial charge in [-0.05, 0) is 41.7 Å². The molecule has 1 nitrogen and oxygen atoms in total. The highest BCUT2D eigenvalue weighted by molar-refractivity contribution is 5.25. The number of aliphatic hydroxyl groups is 1. The predicted octanol–water partition coefficient (Wildman–Crippen LogP) is 4.01. The van der Waals surface area contributed by atoms with Crippen LogP contribution in [0.5, 0.6) is 0 Å². The van der Waals surface area contributed by atoms with Crippen LogP contribution in [-0.4, -0.2) is 11.7 Å². The van der Waals surface area contributed by atoms with Gasteiger partial charge in [0, 0.05) is 6.61 Å². The summed E-state index contributed by atoms with van der Waals surface area (Å²) >= 11 is 0. The van der Waals surface area contributed by atoms with E-state index in [2.05, 4.69) is 52.0 Å². The highest BCUT2D eigenvalue weighted by Gasteiger charge is 2.13. The minimum absolute atomic E-state index is 0.283. The van der Waals surface area contributed by atoms with Gasteiger partial charge < -0.3 is 5.11 Å². The van der Waals surface area contributed by atoms with Gasteiger partial charge in [0.05, 0.1) is 0 Å². The second kappa shape index (κ2) is 6.80. The lowest BCUT2D eigenvalue weighted by Gasteiger charge is -2.18. The van der Waals surface area contributed by atoms with Crippen LogP contribution >= 0.6 is 0 Å². The molecule has 1 aromatic rings. The minimum atomic E-state index is 0.283. The van der Waals surface area contributed by atoms with Crippen LogP contribution < -0.4 is 0 Å². The Bertz CT molecular complexity index is 313. The summed E-state index contributed by atoms with van der Waals surface area (Å²) in [5, 5.41) is 9.34. The Morgan fingerprint density at radius 3 is 2.06 bits per heavy atom. The number of aliphatic hydroxyl groups excluding tert-OH is 1. The molecule has 1 rings (SSSR count). The lowest BCUT2D eigenvalue weighted by Crippen LogP contribution is -2.16. The fraction of sp³-hybridized carbons (Fsp3) is 0.625. The van der Waals surface area contributed by atoms with Crippen molar-refractivity contribution >= 4 is 0 Å². The summed E-state index contributed by atoms with van der Waals surface area (Å²) in [5.41, 5.74) is 2.76. The van der Waals surface area contributed by atoms with Crippen LogP contribution in [-0.2, 0) is 6.42 Å². The van der Waals surface area contributed by atoms with Crippen molar-refractivity contribution in [2.24, 2.45) is 11.8 Å². The first kappa shape index (κ1) is 14.2. The summed E-state index contributed by atoms with van der Waals surface area (Å²) in [6.45, 7) is 9.12. The lowest BCUT2D eigenvalue weighted by molar-refractivity contribution is 0.189. The molecule has 1 aromatic carbocycles. The molecule has 1 N–H and O–H groups in total. The number of hydrogen-bond acceptors (Lipinski definition) is 1. The van der Waals surface area contributed by atoms with Crippen molar-refractivity contribution in [3.05, 3.63) is 35.4 Å². The summed E-state index contributed by atoms with van der Waals surface area (Å²) in [7, 11) is 0. The van der Waals surface area contributed by atoms with Crippen LogP contribution in [0.4, 0.5) is 0 Å². The van der Waals surface area contributed by atoms with Gasteiger partial charge in [0.25, 0.3) is 0 Å². The van der Waals surface area contributed by atoms with E-state index >= 15 is 0 Å². The number of benzene rings is 1. The molecule has 0 aliphatic rings. The second-order valence-corrected chi connectivity index (χ2v) is 5.44. The molecule has 0 amide bonds. The van der Waals surface area contributed by atoms with E-state index < -0.39 is 0 Å². The first-order chi connectivity index (χ1) is 8.08. The second-order valence-electron chi connectivity index (χ2n) is 5.44. The van der Waals surface area contributed by atoms with E-state index in [9.17, 15) is 5.11 Å². The van der Waals surface area contributed by atoms with Crippen LogP contribution in [0.1, 0.15) is 51.2 Å². The first-order valence-electron chi connectivity index (χ1n) is 6.78. The van der Waals surface area contributed by atoms with E-state index in [0.717, 1.165) is 6.42 Å². The van der Waals surface area contributed by atoms with Gasteiger partial charge in [-0.3, -0.25) is 0 Å². The van der Waals surface area contributed by atoms with Crippen molar-refractivity contribution in [2.75, 3.05) is 6.61 Å². The normalized spacial score (nSPS) is 14.9. The van der Waals surface area contributed by atoms with Crippen LogP contribution in [0.25, 0.3) is 0 Å². The van der Waals surface area contributed by atoms with Gasteiger partial charge in [-0.1, -0.05) is 52.0 Å². The fourth-order valence-corrected chi connectivity index (χ4v) is 2.03. The summed E-state index contributed by atoms with van der Waals surface area (Å²) < 4.78 is 0. The van der Waals surface area contributed by atoms with E-state index in [1.165, 1.54) is 17.5 Å². The maximum atomic E-state index is 9.34. The fourth-order valence-electron chi connectivity index (χ4n) is 2.03. The van der Waals surface area contributed by atoms with Gasteiger partial charge in [0.2, 0.25) is 0 Å². The third kappa shape index (κ3) is 4.16. The molecule has 1 heteroatoms. The lowest BCUT2D eigenvalue weighted by atomic mass is 9.89. The molecule has 0 saturated heterocycles. The molecule has 96 valence electrons. The van der Waals surface area contributed by atoms with Gasteiger partial charge in [-0.2, -0.15) is 0 Å². The molecule has 0 saturated carbocycles. The topological polar surface area (TPSA) is 20.2 Å². The zero-order valence-electron chi connectivity index (χ0n) is 11.6. The Kier molecular flexibility index (Phi) is 5.70. The molecule has 0 heterocycles. The summed E-state index contributed by atoms with van der Waals surface area (Å²) in [6.07, 6.45) is 2.17. The molecule has 0 spiro atoms. The van der Waals surface area contributed by atoms with Crippen molar-refractivity contribution in [1.82, 2.24) is 0 Å². The van der Waals surface area contributed by atoms with Gasteiger partial charge in [0.1, 0.15) is 0 Å². The largest absolute Gasteiger partial charge is 0.396 e. The molecule has 17 heavy (non-hydrogen) atoms. The van der Waals surface area contributed by atoms with Crippen molar-refractivity contribution in [3.8, 4) is 0 Å². The van der Waals surface area contributed by atoms with Crippen molar-refractivity contribution in [1.29, 1.82) is 0 Å². The van der Waals surface area contributed by atoms with Crippen molar-refractivity contribution in [3.63, 3.8) is 0 Å². The van der Waals surface area contributed by atoms with E-state index in [4.69, 9.17) is 0 Å². The van der Waals surface area contributed by atoms with E-state index in [0.29, 0.717) is 17.8 Å². The molecule has 2 unspecified atom stereocenters. The molecular weight excluding hydrogens is 208 g/mol.